The maximum Gasteiger partial charge on any atom is 0.307 e. The molecule has 120 valence electrons. The number of Topliss-reactive ketones (excluding diaryl/α,β-unsaturated/α-hetero) is 1. The van der Waals surface area contributed by atoms with E-state index < -0.39 is 11.9 Å². The third-order valence-electron chi connectivity index (χ3n) is 3.80. The molecule has 2 aromatic rings. The van der Waals surface area contributed by atoms with Crippen molar-refractivity contribution in [3.8, 4) is 5.75 Å². The van der Waals surface area contributed by atoms with Gasteiger partial charge < -0.3 is 9.84 Å². The molecule has 0 spiro atoms. The van der Waals surface area contributed by atoms with Crippen LogP contribution in [0.2, 0.25) is 0 Å². The molecule has 0 heterocycles. The summed E-state index contributed by atoms with van der Waals surface area (Å²) in [4.78, 5) is 23.7. The number of aliphatic carboxylic acids is 1. The molecule has 0 aromatic heterocycles. The fourth-order valence-electron chi connectivity index (χ4n) is 2.37. The Kier molecular flexibility index (Phi) is 5.52. The summed E-state index contributed by atoms with van der Waals surface area (Å²) in [5.41, 5.74) is 2.49. The van der Waals surface area contributed by atoms with Crippen LogP contribution in [-0.4, -0.2) is 24.0 Å². The highest BCUT2D eigenvalue weighted by atomic mass is 16.5. The van der Waals surface area contributed by atoms with Gasteiger partial charge in [-0.1, -0.05) is 42.0 Å². The lowest BCUT2D eigenvalue weighted by Crippen LogP contribution is -2.20. The van der Waals surface area contributed by atoms with Crippen molar-refractivity contribution in [1.82, 2.24) is 0 Å². The largest absolute Gasteiger partial charge is 0.497 e. The Morgan fingerprint density at radius 1 is 1.04 bits per heavy atom. The molecule has 0 fully saturated rings. The highest BCUT2D eigenvalue weighted by Crippen LogP contribution is 2.19. The number of carbonyl (C=O) groups is 2. The molecule has 0 bridgehead atoms. The number of methoxy groups -OCH3 is 1. The quantitative estimate of drug-likeness (QED) is 0.795. The summed E-state index contributed by atoms with van der Waals surface area (Å²) in [6.07, 6.45) is 0.307. The molecule has 23 heavy (non-hydrogen) atoms. The third-order valence-corrected chi connectivity index (χ3v) is 3.80. The van der Waals surface area contributed by atoms with E-state index in [1.807, 2.05) is 31.2 Å². The lowest BCUT2D eigenvalue weighted by Gasteiger charge is -2.12. The number of hydrogen-bond acceptors (Lipinski definition) is 3. The summed E-state index contributed by atoms with van der Waals surface area (Å²) in [6.45, 7) is 1.94. The minimum atomic E-state index is -0.957. The molecule has 4 nitrogen and oxygen atoms in total. The Morgan fingerprint density at radius 3 is 2.17 bits per heavy atom. The predicted molar refractivity (Wildman–Crippen MR) is 88.0 cm³/mol. The van der Waals surface area contributed by atoms with Crippen LogP contribution < -0.4 is 4.74 Å². The first kappa shape index (κ1) is 16.7. The molecule has 0 saturated carbocycles. The van der Waals surface area contributed by atoms with Gasteiger partial charge >= 0.3 is 5.97 Å². The molecule has 0 amide bonds. The van der Waals surface area contributed by atoms with Gasteiger partial charge in [0.1, 0.15) is 5.75 Å². The average Bonchev–Trinajstić information content (AvgIpc) is 2.55. The zero-order chi connectivity index (χ0) is 16.8. The Bertz CT molecular complexity index is 672. The Hall–Kier alpha value is -2.62. The second-order valence-corrected chi connectivity index (χ2v) is 5.58. The summed E-state index contributed by atoms with van der Waals surface area (Å²) in [6, 6.07) is 14.4. The average molecular weight is 312 g/mol. The van der Waals surface area contributed by atoms with E-state index in [1.54, 1.807) is 31.4 Å². The number of carbonyl (C=O) groups excluding carboxylic acids is 1. The Balaban J connectivity index is 2.07. The van der Waals surface area contributed by atoms with Gasteiger partial charge in [0.05, 0.1) is 13.0 Å². The zero-order valence-corrected chi connectivity index (χ0v) is 13.3. The zero-order valence-electron chi connectivity index (χ0n) is 13.3. The number of carboxylic acid groups (broad SMARTS) is 1. The van der Waals surface area contributed by atoms with Gasteiger partial charge in [0.2, 0.25) is 0 Å². The summed E-state index contributed by atoms with van der Waals surface area (Å²) >= 11 is 0. The van der Waals surface area contributed by atoms with Crippen molar-refractivity contribution in [2.45, 2.75) is 19.8 Å². The SMILES string of the molecule is COc1ccc(CC(CC(=O)c2ccc(C)cc2)C(=O)O)cc1. The first-order valence-corrected chi connectivity index (χ1v) is 7.45. The standard InChI is InChI=1S/C19H20O4/c1-13-3-7-15(8-4-13)18(20)12-16(19(21)22)11-14-5-9-17(23-2)10-6-14/h3-10,16H,11-12H2,1-2H3,(H,21,22). The van der Waals surface area contributed by atoms with Crippen LogP contribution in [0.4, 0.5) is 0 Å². The van der Waals surface area contributed by atoms with E-state index in [2.05, 4.69) is 0 Å². The van der Waals surface area contributed by atoms with Gasteiger partial charge in [0.25, 0.3) is 0 Å². The van der Waals surface area contributed by atoms with E-state index in [0.29, 0.717) is 12.0 Å². The number of hydrogen-bond donors (Lipinski definition) is 1. The monoisotopic (exact) mass is 312 g/mol. The minimum Gasteiger partial charge on any atom is -0.497 e. The van der Waals surface area contributed by atoms with Gasteiger partial charge in [-0.2, -0.15) is 0 Å². The van der Waals surface area contributed by atoms with Crippen LogP contribution in [0.5, 0.6) is 5.75 Å². The van der Waals surface area contributed by atoms with Crippen molar-refractivity contribution >= 4 is 11.8 Å². The Morgan fingerprint density at radius 2 is 1.65 bits per heavy atom. The van der Waals surface area contributed by atoms with Crippen LogP contribution in [0, 0.1) is 12.8 Å². The van der Waals surface area contributed by atoms with Crippen LogP contribution >= 0.6 is 0 Å². The molecule has 2 rings (SSSR count). The molecular weight excluding hydrogens is 292 g/mol. The molecule has 1 atom stereocenters. The maximum absolute atomic E-state index is 12.3. The second kappa shape index (κ2) is 7.58. The molecule has 1 unspecified atom stereocenters. The van der Waals surface area contributed by atoms with Gasteiger partial charge in [0, 0.05) is 12.0 Å². The van der Waals surface area contributed by atoms with Gasteiger partial charge in [-0.3, -0.25) is 9.59 Å². The second-order valence-electron chi connectivity index (χ2n) is 5.58. The van der Waals surface area contributed by atoms with Crippen molar-refractivity contribution in [2.75, 3.05) is 7.11 Å². The summed E-state index contributed by atoms with van der Waals surface area (Å²) in [5, 5.41) is 9.40. The molecule has 0 aliphatic heterocycles. The number of rotatable bonds is 7. The lowest BCUT2D eigenvalue weighted by molar-refractivity contribution is -0.141. The van der Waals surface area contributed by atoms with Crippen LogP contribution in [0.3, 0.4) is 0 Å². The highest BCUT2D eigenvalue weighted by Gasteiger charge is 2.22. The van der Waals surface area contributed by atoms with Crippen LogP contribution in [0.25, 0.3) is 0 Å². The molecule has 1 N–H and O–H groups in total. The van der Waals surface area contributed by atoms with Gasteiger partial charge in [-0.05, 0) is 31.0 Å². The predicted octanol–water partition coefficient (Wildman–Crippen LogP) is 3.52. The van der Waals surface area contributed by atoms with Crippen LogP contribution in [-0.2, 0) is 11.2 Å². The van der Waals surface area contributed by atoms with E-state index in [9.17, 15) is 14.7 Å². The number of ketones is 1. The smallest absolute Gasteiger partial charge is 0.307 e. The van der Waals surface area contributed by atoms with Crippen molar-refractivity contribution in [3.05, 3.63) is 65.2 Å². The van der Waals surface area contributed by atoms with Gasteiger partial charge in [-0.15, -0.1) is 0 Å². The summed E-state index contributed by atoms with van der Waals surface area (Å²) in [5.74, 6) is -1.12. The first-order valence-electron chi connectivity index (χ1n) is 7.45. The molecule has 2 aromatic carbocycles. The molecule has 0 aliphatic carbocycles. The van der Waals surface area contributed by atoms with E-state index in [0.717, 1.165) is 16.9 Å². The van der Waals surface area contributed by atoms with Crippen molar-refractivity contribution in [3.63, 3.8) is 0 Å². The highest BCUT2D eigenvalue weighted by molar-refractivity contribution is 5.98. The van der Waals surface area contributed by atoms with Crippen molar-refractivity contribution < 1.29 is 19.4 Å². The van der Waals surface area contributed by atoms with Crippen molar-refractivity contribution in [2.24, 2.45) is 5.92 Å². The normalized spacial score (nSPS) is 11.7. The molecule has 4 heteroatoms. The van der Waals surface area contributed by atoms with Gasteiger partial charge in [0.15, 0.2) is 5.78 Å². The number of aryl methyl sites for hydroxylation is 1. The lowest BCUT2D eigenvalue weighted by atomic mass is 9.92. The minimum absolute atomic E-state index is 0.00950. The third kappa shape index (κ3) is 4.68. The molecule has 0 radical (unpaired) electrons. The van der Waals surface area contributed by atoms with E-state index in [1.165, 1.54) is 0 Å². The van der Waals surface area contributed by atoms with Crippen LogP contribution in [0.1, 0.15) is 27.9 Å². The van der Waals surface area contributed by atoms with Gasteiger partial charge in [-0.25, -0.2) is 0 Å². The fraction of sp³-hybridized carbons (Fsp3) is 0.263. The molecule has 0 aliphatic rings. The number of benzene rings is 2. The van der Waals surface area contributed by atoms with E-state index in [4.69, 9.17) is 4.74 Å². The summed E-state index contributed by atoms with van der Waals surface area (Å²) < 4.78 is 5.08. The van der Waals surface area contributed by atoms with E-state index in [-0.39, 0.29) is 12.2 Å². The van der Waals surface area contributed by atoms with E-state index >= 15 is 0 Å². The summed E-state index contributed by atoms with van der Waals surface area (Å²) in [7, 11) is 1.58. The maximum atomic E-state index is 12.3. The number of ether oxygens (including phenoxy) is 1. The fourth-order valence-corrected chi connectivity index (χ4v) is 2.37. The van der Waals surface area contributed by atoms with Crippen molar-refractivity contribution in [1.29, 1.82) is 0 Å². The molecule has 0 saturated heterocycles. The topological polar surface area (TPSA) is 63.6 Å². The molecular formula is C19H20O4. The number of carboxylic acids is 1. The Labute approximate surface area is 135 Å². The van der Waals surface area contributed by atoms with Crippen LogP contribution in [0.15, 0.2) is 48.5 Å². The first-order chi connectivity index (χ1) is 11.0.